The summed E-state index contributed by atoms with van der Waals surface area (Å²) >= 11 is 1.48. The Morgan fingerprint density at radius 2 is 2.42 bits per heavy atom. The predicted molar refractivity (Wildman–Crippen MR) is 70.7 cm³/mol. The van der Waals surface area contributed by atoms with E-state index in [0.29, 0.717) is 17.9 Å². The van der Waals surface area contributed by atoms with Crippen LogP contribution in [-0.2, 0) is 6.54 Å². The lowest BCUT2D eigenvalue weighted by molar-refractivity contribution is 0.0950. The molecule has 2 aromatic rings. The van der Waals surface area contributed by atoms with Gasteiger partial charge in [-0.25, -0.2) is 0 Å². The second-order valence-electron chi connectivity index (χ2n) is 3.70. The highest BCUT2D eigenvalue weighted by atomic mass is 32.1. The van der Waals surface area contributed by atoms with E-state index in [1.165, 1.54) is 17.5 Å². The molecule has 2 heterocycles. The Morgan fingerprint density at radius 3 is 3.11 bits per heavy atom. The molecule has 2 N–H and O–H groups in total. The van der Waals surface area contributed by atoms with Gasteiger partial charge < -0.3 is 14.9 Å². The minimum absolute atomic E-state index is 0.156. The number of carbonyl (C=O) groups excluding carboxylic acids is 1. The maximum atomic E-state index is 11.8. The number of aryl methyl sites for hydroxylation is 1. The molecule has 0 aromatic carbocycles. The van der Waals surface area contributed by atoms with Crippen molar-refractivity contribution in [2.75, 3.05) is 6.61 Å². The lowest BCUT2D eigenvalue weighted by Gasteiger charge is -2.00. The summed E-state index contributed by atoms with van der Waals surface area (Å²) in [7, 11) is 0. The molecule has 0 aliphatic heterocycles. The Labute approximate surface area is 114 Å². The smallest absolute Gasteiger partial charge is 0.256 e. The largest absolute Gasteiger partial charge is 0.384 e. The second-order valence-corrected chi connectivity index (χ2v) is 4.87. The zero-order valence-electron chi connectivity index (χ0n) is 10.3. The Hall–Kier alpha value is -2.10. The van der Waals surface area contributed by atoms with E-state index in [1.54, 1.807) is 6.92 Å². The first-order valence-electron chi connectivity index (χ1n) is 5.58. The molecule has 19 heavy (non-hydrogen) atoms. The van der Waals surface area contributed by atoms with E-state index in [-0.39, 0.29) is 12.5 Å². The Kier molecular flexibility index (Phi) is 4.34. The summed E-state index contributed by atoms with van der Waals surface area (Å²) < 4.78 is 4.84. The van der Waals surface area contributed by atoms with Gasteiger partial charge in [0.1, 0.15) is 17.9 Å². The molecule has 0 bridgehead atoms. The number of aliphatic hydroxyl groups is 1. The van der Waals surface area contributed by atoms with Crippen molar-refractivity contribution >= 4 is 17.2 Å². The summed E-state index contributed by atoms with van der Waals surface area (Å²) in [5.41, 5.74) is 0.442. The van der Waals surface area contributed by atoms with Crippen LogP contribution in [0.15, 0.2) is 22.9 Å². The van der Waals surface area contributed by atoms with Gasteiger partial charge >= 0.3 is 0 Å². The highest BCUT2D eigenvalue weighted by molar-refractivity contribution is 7.12. The number of rotatable bonds is 3. The van der Waals surface area contributed by atoms with Gasteiger partial charge in [-0.15, -0.1) is 11.3 Å². The van der Waals surface area contributed by atoms with Crippen molar-refractivity contribution in [1.29, 1.82) is 0 Å². The zero-order chi connectivity index (χ0) is 13.7. The maximum Gasteiger partial charge on any atom is 0.256 e. The summed E-state index contributed by atoms with van der Waals surface area (Å²) in [4.78, 5) is 13.7. The number of carbonyl (C=O) groups is 1. The molecule has 0 aliphatic carbocycles. The molecule has 5 nitrogen and oxygen atoms in total. The van der Waals surface area contributed by atoms with Crippen molar-refractivity contribution in [1.82, 2.24) is 10.5 Å². The van der Waals surface area contributed by atoms with Crippen LogP contribution < -0.4 is 5.32 Å². The summed E-state index contributed by atoms with van der Waals surface area (Å²) in [6, 6.07) is 3.76. The summed E-state index contributed by atoms with van der Waals surface area (Å²) in [5, 5.41) is 14.9. The van der Waals surface area contributed by atoms with Crippen LogP contribution in [0.1, 0.15) is 25.9 Å². The standard InChI is InChI=1S/C13H12N2O3S/c1-9-12(8-15-18-9)13(17)14-7-11-5-4-10(19-11)3-2-6-16/h4-5,8,16H,6-7H2,1H3,(H,14,17). The van der Waals surface area contributed by atoms with Gasteiger partial charge in [-0.1, -0.05) is 17.0 Å². The van der Waals surface area contributed by atoms with E-state index in [9.17, 15) is 4.79 Å². The Bertz CT molecular complexity index is 634. The molecular weight excluding hydrogens is 264 g/mol. The van der Waals surface area contributed by atoms with Crippen LogP contribution in [0.2, 0.25) is 0 Å². The molecule has 2 aromatic heterocycles. The van der Waals surface area contributed by atoms with Crippen LogP contribution in [0.4, 0.5) is 0 Å². The summed E-state index contributed by atoms with van der Waals surface area (Å²) in [6.45, 7) is 1.96. The predicted octanol–water partition coefficient (Wildman–Crippen LogP) is 1.32. The molecule has 98 valence electrons. The Balaban J connectivity index is 1.94. The average molecular weight is 276 g/mol. The highest BCUT2D eigenvalue weighted by Crippen LogP contribution is 2.15. The van der Waals surface area contributed by atoms with Crippen molar-refractivity contribution in [3.8, 4) is 11.8 Å². The van der Waals surface area contributed by atoms with Gasteiger partial charge in [0.15, 0.2) is 0 Å². The fourth-order valence-corrected chi connectivity index (χ4v) is 2.27. The van der Waals surface area contributed by atoms with Crippen LogP contribution in [-0.4, -0.2) is 22.8 Å². The third-order valence-electron chi connectivity index (χ3n) is 2.37. The lowest BCUT2D eigenvalue weighted by Crippen LogP contribution is -2.22. The van der Waals surface area contributed by atoms with E-state index in [0.717, 1.165) is 9.75 Å². The molecule has 6 heteroatoms. The minimum atomic E-state index is -0.213. The highest BCUT2D eigenvalue weighted by Gasteiger charge is 2.12. The number of thiophene rings is 1. The first kappa shape index (κ1) is 13.3. The normalized spacial score (nSPS) is 9.79. The van der Waals surface area contributed by atoms with Gasteiger partial charge in [-0.3, -0.25) is 4.79 Å². The van der Waals surface area contributed by atoms with E-state index in [2.05, 4.69) is 22.3 Å². The number of hydrogen-bond acceptors (Lipinski definition) is 5. The van der Waals surface area contributed by atoms with Gasteiger partial charge in [-0.05, 0) is 19.1 Å². The van der Waals surface area contributed by atoms with Crippen molar-refractivity contribution in [3.05, 3.63) is 39.4 Å². The Morgan fingerprint density at radius 1 is 1.58 bits per heavy atom. The number of aromatic nitrogens is 1. The number of nitrogens with one attached hydrogen (secondary N) is 1. The van der Waals surface area contributed by atoms with E-state index < -0.39 is 0 Å². The molecule has 0 aliphatic rings. The first-order chi connectivity index (χ1) is 9.20. The lowest BCUT2D eigenvalue weighted by atomic mass is 10.2. The van der Waals surface area contributed by atoms with Gasteiger partial charge in [0, 0.05) is 4.88 Å². The number of nitrogens with zero attached hydrogens (tertiary/aromatic N) is 1. The molecule has 0 saturated carbocycles. The van der Waals surface area contributed by atoms with Crippen molar-refractivity contribution < 1.29 is 14.4 Å². The van der Waals surface area contributed by atoms with Crippen LogP contribution in [0.25, 0.3) is 0 Å². The monoisotopic (exact) mass is 276 g/mol. The van der Waals surface area contributed by atoms with Crippen molar-refractivity contribution in [3.63, 3.8) is 0 Å². The SMILES string of the molecule is Cc1oncc1C(=O)NCc1ccc(C#CCO)s1. The molecule has 1 amide bonds. The zero-order valence-corrected chi connectivity index (χ0v) is 11.1. The molecule has 0 spiro atoms. The van der Waals surface area contributed by atoms with Gasteiger partial charge in [-0.2, -0.15) is 0 Å². The molecule has 0 atom stereocenters. The molecule has 0 fully saturated rings. The summed E-state index contributed by atoms with van der Waals surface area (Å²) in [6.07, 6.45) is 1.40. The molecule has 0 saturated heterocycles. The molecule has 2 rings (SSSR count). The maximum absolute atomic E-state index is 11.8. The van der Waals surface area contributed by atoms with Crippen molar-refractivity contribution in [2.24, 2.45) is 0 Å². The van der Waals surface area contributed by atoms with Crippen LogP contribution >= 0.6 is 11.3 Å². The number of amides is 1. The van der Waals surface area contributed by atoms with Gasteiger partial charge in [0.25, 0.3) is 5.91 Å². The average Bonchev–Trinajstić information content (AvgIpc) is 3.02. The molecule has 0 unspecified atom stereocenters. The third kappa shape index (κ3) is 3.44. The van der Waals surface area contributed by atoms with Gasteiger partial charge in [0.2, 0.25) is 0 Å². The first-order valence-corrected chi connectivity index (χ1v) is 6.40. The van der Waals surface area contributed by atoms with E-state index >= 15 is 0 Å². The second kappa shape index (κ2) is 6.18. The van der Waals surface area contributed by atoms with Crippen LogP contribution in [0, 0.1) is 18.8 Å². The fourth-order valence-electron chi connectivity index (χ4n) is 1.45. The van der Waals surface area contributed by atoms with Gasteiger partial charge in [0.05, 0.1) is 17.6 Å². The fraction of sp³-hybridized carbons (Fsp3) is 0.231. The molecular formula is C13H12N2O3S. The number of hydrogen-bond donors (Lipinski definition) is 2. The van der Waals surface area contributed by atoms with Crippen LogP contribution in [0.3, 0.4) is 0 Å². The van der Waals surface area contributed by atoms with E-state index in [1.807, 2.05) is 12.1 Å². The quantitative estimate of drug-likeness (QED) is 0.829. The van der Waals surface area contributed by atoms with Crippen LogP contribution in [0.5, 0.6) is 0 Å². The minimum Gasteiger partial charge on any atom is -0.384 e. The topological polar surface area (TPSA) is 75.4 Å². The van der Waals surface area contributed by atoms with Crippen molar-refractivity contribution in [2.45, 2.75) is 13.5 Å². The molecule has 0 radical (unpaired) electrons. The number of aliphatic hydroxyl groups excluding tert-OH is 1. The summed E-state index contributed by atoms with van der Waals surface area (Å²) in [5.74, 6) is 5.69. The third-order valence-corrected chi connectivity index (χ3v) is 3.37. The van der Waals surface area contributed by atoms with E-state index in [4.69, 9.17) is 9.63 Å².